The van der Waals surface area contributed by atoms with Gasteiger partial charge in [0.05, 0.1) is 6.10 Å². The van der Waals surface area contributed by atoms with Gasteiger partial charge in [-0.3, -0.25) is 0 Å². The summed E-state index contributed by atoms with van der Waals surface area (Å²) < 4.78 is 0. The Kier molecular flexibility index (Phi) is 1.55. The van der Waals surface area contributed by atoms with Crippen LogP contribution in [0.25, 0.3) is 6.08 Å². The number of rotatable bonds is 0. The maximum Gasteiger partial charge on any atom is 0.0983 e. The Morgan fingerprint density at radius 1 is 1.25 bits per heavy atom. The third-order valence-corrected chi connectivity index (χ3v) is 2.57. The van der Waals surface area contributed by atoms with Gasteiger partial charge in [-0.25, -0.2) is 0 Å². The third-order valence-electron chi connectivity index (χ3n) is 2.57. The summed E-state index contributed by atoms with van der Waals surface area (Å²) in [5.41, 5.74) is 4.70. The van der Waals surface area contributed by atoms with Gasteiger partial charge in [0, 0.05) is 0 Å². The van der Waals surface area contributed by atoms with Crippen molar-refractivity contribution in [2.75, 3.05) is 0 Å². The van der Waals surface area contributed by atoms with Crippen molar-refractivity contribution in [1.82, 2.24) is 0 Å². The first-order valence-corrected chi connectivity index (χ1v) is 4.16. The Balaban J connectivity index is 2.68. The highest BCUT2D eigenvalue weighted by Crippen LogP contribution is 2.31. The minimum atomic E-state index is -0.389. The summed E-state index contributed by atoms with van der Waals surface area (Å²) >= 11 is 0. The first-order chi connectivity index (χ1) is 5.70. The van der Waals surface area contributed by atoms with E-state index in [1.54, 1.807) is 0 Å². The molecule has 0 fully saturated rings. The molecule has 0 amide bonds. The molecule has 1 aromatic carbocycles. The van der Waals surface area contributed by atoms with Crippen LogP contribution < -0.4 is 0 Å². The van der Waals surface area contributed by atoms with E-state index in [9.17, 15) is 5.11 Å². The number of fused-ring (bicyclic) bond motifs is 1. The van der Waals surface area contributed by atoms with E-state index in [2.05, 4.69) is 26.0 Å². The molecule has 0 saturated carbocycles. The molecule has 1 N–H and O–H groups in total. The summed E-state index contributed by atoms with van der Waals surface area (Å²) in [5, 5.41) is 9.60. The van der Waals surface area contributed by atoms with Gasteiger partial charge >= 0.3 is 0 Å². The minimum absolute atomic E-state index is 0.389. The zero-order valence-electron chi connectivity index (χ0n) is 7.33. The summed E-state index contributed by atoms with van der Waals surface area (Å²) in [6.07, 6.45) is 3.42. The van der Waals surface area contributed by atoms with E-state index < -0.39 is 0 Å². The first-order valence-electron chi connectivity index (χ1n) is 4.16. The average Bonchev–Trinajstić information content (AvgIpc) is 2.41. The molecule has 1 atom stereocenters. The number of hydrogen-bond acceptors (Lipinski definition) is 1. The molecule has 0 spiro atoms. The lowest BCUT2D eigenvalue weighted by molar-refractivity contribution is 0.231. The predicted octanol–water partition coefficient (Wildman–Crippen LogP) is 2.36. The lowest BCUT2D eigenvalue weighted by Crippen LogP contribution is -1.96. The van der Waals surface area contributed by atoms with E-state index in [0.717, 1.165) is 11.1 Å². The molecule has 0 aliphatic heterocycles. The van der Waals surface area contributed by atoms with Gasteiger partial charge in [0.25, 0.3) is 0 Å². The van der Waals surface area contributed by atoms with Crippen LogP contribution in [-0.2, 0) is 0 Å². The minimum Gasteiger partial charge on any atom is -0.384 e. The highest BCUT2D eigenvalue weighted by atomic mass is 16.3. The third kappa shape index (κ3) is 0.901. The molecule has 1 aliphatic rings. The van der Waals surface area contributed by atoms with Crippen LogP contribution in [0.3, 0.4) is 0 Å². The van der Waals surface area contributed by atoms with Crippen molar-refractivity contribution < 1.29 is 5.11 Å². The van der Waals surface area contributed by atoms with Crippen molar-refractivity contribution >= 4 is 6.08 Å². The Morgan fingerprint density at radius 3 is 2.75 bits per heavy atom. The zero-order valence-corrected chi connectivity index (χ0v) is 7.33. The summed E-state index contributed by atoms with van der Waals surface area (Å²) in [7, 11) is 0. The van der Waals surface area contributed by atoms with E-state index >= 15 is 0 Å². The summed E-state index contributed by atoms with van der Waals surface area (Å²) in [5.74, 6) is 0. The first kappa shape index (κ1) is 7.56. The fraction of sp³-hybridized carbons (Fsp3) is 0.273. The zero-order chi connectivity index (χ0) is 8.72. The lowest BCUT2D eigenvalue weighted by Gasteiger charge is -2.10. The predicted molar refractivity (Wildman–Crippen MR) is 49.9 cm³/mol. The highest BCUT2D eigenvalue weighted by molar-refractivity contribution is 5.64. The van der Waals surface area contributed by atoms with Gasteiger partial charge in [0.1, 0.15) is 0 Å². The van der Waals surface area contributed by atoms with Gasteiger partial charge in [-0.05, 0) is 36.1 Å². The highest BCUT2D eigenvalue weighted by Gasteiger charge is 2.17. The Morgan fingerprint density at radius 2 is 2.00 bits per heavy atom. The molecule has 12 heavy (non-hydrogen) atoms. The Bertz CT molecular complexity index is 350. The van der Waals surface area contributed by atoms with Crippen LogP contribution in [0.1, 0.15) is 28.4 Å². The molecule has 0 heterocycles. The number of aliphatic hydroxyl groups excluding tert-OH is 1. The smallest absolute Gasteiger partial charge is 0.0983 e. The van der Waals surface area contributed by atoms with Crippen molar-refractivity contribution in [2.45, 2.75) is 20.0 Å². The van der Waals surface area contributed by atoms with Crippen LogP contribution in [0.2, 0.25) is 0 Å². The maximum absolute atomic E-state index is 9.60. The van der Waals surface area contributed by atoms with Crippen LogP contribution in [0, 0.1) is 13.8 Å². The second-order valence-electron chi connectivity index (χ2n) is 3.31. The average molecular weight is 160 g/mol. The van der Waals surface area contributed by atoms with Crippen LogP contribution in [0.5, 0.6) is 0 Å². The molecule has 2 rings (SSSR count). The second-order valence-corrected chi connectivity index (χ2v) is 3.31. The molecule has 0 saturated heterocycles. The quantitative estimate of drug-likeness (QED) is 0.617. The van der Waals surface area contributed by atoms with Crippen molar-refractivity contribution in [3.63, 3.8) is 0 Å². The number of aliphatic hydroxyl groups is 1. The molecule has 62 valence electrons. The molecule has 1 heteroatoms. The molecular weight excluding hydrogens is 148 g/mol. The van der Waals surface area contributed by atoms with E-state index in [0.29, 0.717) is 0 Å². The van der Waals surface area contributed by atoms with Crippen molar-refractivity contribution in [3.05, 3.63) is 40.5 Å². The summed E-state index contributed by atoms with van der Waals surface area (Å²) in [6.45, 7) is 4.13. The topological polar surface area (TPSA) is 20.2 Å². The number of hydrogen-bond donors (Lipinski definition) is 1. The van der Waals surface area contributed by atoms with Crippen LogP contribution >= 0.6 is 0 Å². The molecule has 0 aromatic heterocycles. The number of aryl methyl sites for hydroxylation is 1. The van der Waals surface area contributed by atoms with E-state index in [1.165, 1.54) is 11.1 Å². The molecule has 1 aliphatic carbocycles. The normalized spacial score (nSPS) is 19.8. The second kappa shape index (κ2) is 2.46. The van der Waals surface area contributed by atoms with Crippen LogP contribution in [-0.4, -0.2) is 5.11 Å². The number of benzene rings is 1. The molecule has 0 unspecified atom stereocenters. The Hall–Kier alpha value is -1.08. The SMILES string of the molecule is Cc1ccc2c(c1C)[C@@H](O)C=C2. The largest absolute Gasteiger partial charge is 0.384 e. The fourth-order valence-corrected chi connectivity index (χ4v) is 1.69. The molecule has 0 radical (unpaired) electrons. The molecule has 1 nitrogen and oxygen atoms in total. The van der Waals surface area contributed by atoms with E-state index in [4.69, 9.17) is 0 Å². The summed E-state index contributed by atoms with van der Waals surface area (Å²) in [6, 6.07) is 4.15. The maximum atomic E-state index is 9.60. The fourth-order valence-electron chi connectivity index (χ4n) is 1.69. The van der Waals surface area contributed by atoms with Crippen molar-refractivity contribution in [3.8, 4) is 0 Å². The van der Waals surface area contributed by atoms with Gasteiger partial charge in [-0.15, -0.1) is 0 Å². The van der Waals surface area contributed by atoms with Gasteiger partial charge in [0.2, 0.25) is 0 Å². The van der Waals surface area contributed by atoms with Crippen LogP contribution in [0.4, 0.5) is 0 Å². The monoisotopic (exact) mass is 160 g/mol. The molecule has 1 aromatic rings. The van der Waals surface area contributed by atoms with Gasteiger partial charge < -0.3 is 5.11 Å². The summed E-state index contributed by atoms with van der Waals surface area (Å²) in [4.78, 5) is 0. The molecular formula is C11H12O. The standard InChI is InChI=1S/C11H12O/c1-7-3-4-9-5-6-10(12)11(9)8(7)2/h3-6,10,12H,1-2H3/t10-/m0/s1. The Labute approximate surface area is 72.4 Å². The van der Waals surface area contributed by atoms with Crippen molar-refractivity contribution in [1.29, 1.82) is 0 Å². The van der Waals surface area contributed by atoms with Crippen molar-refractivity contribution in [2.24, 2.45) is 0 Å². The lowest BCUT2D eigenvalue weighted by atomic mass is 9.98. The van der Waals surface area contributed by atoms with Gasteiger partial charge in [-0.2, -0.15) is 0 Å². The van der Waals surface area contributed by atoms with Gasteiger partial charge in [0.15, 0.2) is 0 Å². The van der Waals surface area contributed by atoms with Crippen LogP contribution in [0.15, 0.2) is 18.2 Å². The van der Waals surface area contributed by atoms with E-state index in [-0.39, 0.29) is 6.10 Å². The van der Waals surface area contributed by atoms with Gasteiger partial charge in [-0.1, -0.05) is 24.3 Å². The van der Waals surface area contributed by atoms with E-state index in [1.807, 2.05) is 12.2 Å². The molecule has 0 bridgehead atoms.